The zero-order chi connectivity index (χ0) is 36.6. The van der Waals surface area contributed by atoms with Crippen LogP contribution in [0.3, 0.4) is 0 Å². The molecule has 2 heterocycles. The fraction of sp³-hybridized carbons (Fsp3) is 0.159. The summed E-state index contributed by atoms with van der Waals surface area (Å²) in [6.07, 6.45) is 0. The van der Waals surface area contributed by atoms with Gasteiger partial charge in [0.2, 0.25) is 0 Å². The van der Waals surface area contributed by atoms with Gasteiger partial charge < -0.3 is 4.42 Å². The van der Waals surface area contributed by atoms with Crippen molar-refractivity contribution in [3.05, 3.63) is 144 Å². The maximum atomic E-state index is 9.52. The highest BCUT2D eigenvalue weighted by Crippen LogP contribution is 2.42. The predicted octanol–water partition coefficient (Wildman–Crippen LogP) is 12.5. The number of para-hydroxylation sites is 3. The van der Waals surface area contributed by atoms with Crippen LogP contribution in [0.25, 0.3) is 72.3 Å². The summed E-state index contributed by atoms with van der Waals surface area (Å²) in [6, 6.07) is 41.8. The molecular formula is C44H38N2O. The number of aromatic nitrogens is 2. The SMILES string of the molecule is [2H]C([2H])([2H])c1ccc2c(c1)oc1c(-c3nc4ccccc4n3-c3c(C([2H])(C)C)cc(-c4ccc(-c5ccccc5)cc4)cc3C([2H])(C)C)cccc12. The van der Waals surface area contributed by atoms with Gasteiger partial charge in [-0.25, -0.2) is 4.98 Å². The van der Waals surface area contributed by atoms with E-state index in [9.17, 15) is 2.74 Å². The monoisotopic (exact) mass is 615 g/mol. The van der Waals surface area contributed by atoms with Crippen molar-refractivity contribution in [1.29, 1.82) is 0 Å². The second kappa shape index (κ2) is 11.4. The molecule has 0 atom stereocenters. The van der Waals surface area contributed by atoms with Gasteiger partial charge in [-0.05, 0) is 94.0 Å². The molecule has 0 spiro atoms. The average molecular weight is 616 g/mol. The van der Waals surface area contributed by atoms with Crippen LogP contribution in [0.5, 0.6) is 0 Å². The smallest absolute Gasteiger partial charge is 0.149 e. The lowest BCUT2D eigenvalue weighted by Gasteiger charge is -2.24. The minimum Gasteiger partial charge on any atom is -0.455 e. The quantitative estimate of drug-likeness (QED) is 0.186. The Morgan fingerprint density at radius 3 is 2.00 bits per heavy atom. The molecule has 0 fully saturated rings. The fourth-order valence-corrected chi connectivity index (χ4v) is 6.70. The Morgan fingerprint density at radius 2 is 1.30 bits per heavy atom. The van der Waals surface area contributed by atoms with Gasteiger partial charge in [-0.1, -0.05) is 119 Å². The van der Waals surface area contributed by atoms with Gasteiger partial charge in [-0.3, -0.25) is 4.57 Å². The van der Waals surface area contributed by atoms with Gasteiger partial charge in [0.15, 0.2) is 0 Å². The van der Waals surface area contributed by atoms with Crippen molar-refractivity contribution in [2.45, 2.75) is 46.3 Å². The highest BCUT2D eigenvalue weighted by Gasteiger charge is 2.25. The molecule has 8 rings (SSSR count). The van der Waals surface area contributed by atoms with E-state index in [1.165, 1.54) is 0 Å². The Morgan fingerprint density at radius 1 is 0.638 bits per heavy atom. The van der Waals surface area contributed by atoms with Crippen LogP contribution in [-0.2, 0) is 0 Å². The van der Waals surface area contributed by atoms with Gasteiger partial charge in [-0.2, -0.15) is 0 Å². The van der Waals surface area contributed by atoms with Gasteiger partial charge in [-0.15, -0.1) is 0 Å². The Kier molecular flexibility index (Phi) is 5.80. The maximum Gasteiger partial charge on any atom is 0.149 e. The average Bonchev–Trinajstić information content (AvgIpc) is 3.69. The third-order valence-corrected chi connectivity index (χ3v) is 9.04. The van der Waals surface area contributed by atoms with Crippen LogP contribution in [0, 0.1) is 6.85 Å². The molecule has 47 heavy (non-hydrogen) atoms. The second-order valence-electron chi connectivity index (χ2n) is 12.6. The third kappa shape index (κ3) is 4.94. The van der Waals surface area contributed by atoms with E-state index < -0.39 is 18.6 Å². The van der Waals surface area contributed by atoms with Crippen LogP contribution in [0.15, 0.2) is 132 Å². The zero-order valence-electron chi connectivity index (χ0n) is 31.9. The standard InChI is InChI=1S/C44H38N2O/c1-27(2)37-25-33(32-21-19-31(20-22-32)30-12-7-6-8-13-30)26-38(28(3)4)42(37)46-40-17-10-9-16-39(40)45-44(46)36-15-11-14-35-34-23-18-29(5)24-41(34)47-43(35)36/h6-28H,1-5H3/i5D3,27D,28D. The van der Waals surface area contributed by atoms with E-state index in [2.05, 4.69) is 53.1 Å². The molecule has 2 aromatic heterocycles. The molecule has 0 aliphatic heterocycles. The molecule has 3 nitrogen and oxygen atoms in total. The molecule has 230 valence electrons. The Balaban J connectivity index is 1.40. The summed E-state index contributed by atoms with van der Waals surface area (Å²) in [5, 5.41) is 1.66. The molecule has 3 heteroatoms. The van der Waals surface area contributed by atoms with Crippen molar-refractivity contribution < 1.29 is 11.3 Å². The Bertz CT molecular complexity index is 2580. The molecule has 0 unspecified atom stereocenters. The third-order valence-electron chi connectivity index (χ3n) is 9.04. The van der Waals surface area contributed by atoms with Crippen LogP contribution in [0.1, 0.15) is 63.0 Å². The normalized spacial score (nSPS) is 14.2. The predicted molar refractivity (Wildman–Crippen MR) is 198 cm³/mol. The molecule has 0 aliphatic rings. The lowest BCUT2D eigenvalue weighted by atomic mass is 9.87. The first kappa shape index (κ1) is 23.9. The van der Waals surface area contributed by atoms with Gasteiger partial charge in [0.25, 0.3) is 0 Å². The molecule has 8 aromatic rings. The van der Waals surface area contributed by atoms with Crippen molar-refractivity contribution in [2.24, 2.45) is 0 Å². The van der Waals surface area contributed by atoms with Crippen molar-refractivity contribution in [3.8, 4) is 39.3 Å². The summed E-state index contributed by atoms with van der Waals surface area (Å²) in [4.78, 5) is 5.19. The maximum absolute atomic E-state index is 9.52. The van der Waals surface area contributed by atoms with Crippen molar-refractivity contribution in [2.75, 3.05) is 0 Å². The van der Waals surface area contributed by atoms with E-state index >= 15 is 0 Å². The summed E-state index contributed by atoms with van der Waals surface area (Å²) >= 11 is 0. The Hall–Kier alpha value is -5.41. The first-order chi connectivity index (χ1) is 24.7. The van der Waals surface area contributed by atoms with Crippen LogP contribution in [0.4, 0.5) is 0 Å². The van der Waals surface area contributed by atoms with E-state index in [1.54, 1.807) is 12.1 Å². The highest BCUT2D eigenvalue weighted by atomic mass is 16.3. The number of rotatable bonds is 6. The number of benzene rings is 6. The van der Waals surface area contributed by atoms with Gasteiger partial charge in [0.1, 0.15) is 17.0 Å². The molecule has 0 saturated carbocycles. The number of furan rings is 1. The molecule has 0 amide bonds. The van der Waals surface area contributed by atoms with E-state index in [4.69, 9.17) is 13.5 Å². The Labute approximate surface area is 283 Å². The summed E-state index contributed by atoms with van der Waals surface area (Å²) in [5.74, 6) is -1.51. The van der Waals surface area contributed by atoms with Crippen molar-refractivity contribution in [3.63, 3.8) is 0 Å². The van der Waals surface area contributed by atoms with E-state index in [0.717, 1.165) is 66.4 Å². The number of hydrogen-bond donors (Lipinski definition) is 0. The van der Waals surface area contributed by atoms with Crippen molar-refractivity contribution >= 4 is 33.0 Å². The second-order valence-corrected chi connectivity index (χ2v) is 12.6. The molecular weight excluding hydrogens is 572 g/mol. The minimum atomic E-state index is -2.26. The first-order valence-corrected chi connectivity index (χ1v) is 16.0. The fourth-order valence-electron chi connectivity index (χ4n) is 6.70. The first-order valence-electron chi connectivity index (χ1n) is 18.5. The molecule has 6 aromatic carbocycles. The van der Waals surface area contributed by atoms with E-state index in [-0.39, 0.29) is 5.56 Å². The number of hydrogen-bond acceptors (Lipinski definition) is 2. The largest absolute Gasteiger partial charge is 0.455 e. The lowest BCUT2D eigenvalue weighted by molar-refractivity contribution is 0.669. The van der Waals surface area contributed by atoms with Crippen molar-refractivity contribution in [1.82, 2.24) is 9.55 Å². The van der Waals surface area contributed by atoms with E-state index in [0.29, 0.717) is 17.0 Å². The number of aryl methyl sites for hydroxylation is 1. The summed E-state index contributed by atoms with van der Waals surface area (Å²) < 4.78 is 51.5. The van der Waals surface area contributed by atoms with Crippen LogP contribution >= 0.6 is 0 Å². The van der Waals surface area contributed by atoms with Crippen LogP contribution in [-0.4, -0.2) is 9.55 Å². The number of imidazole rings is 1. The summed E-state index contributed by atoms with van der Waals surface area (Å²) in [5.41, 5.74) is 10.1. The van der Waals surface area contributed by atoms with Gasteiger partial charge in [0, 0.05) is 17.6 Å². The lowest BCUT2D eigenvalue weighted by Crippen LogP contribution is -2.09. The molecule has 0 radical (unpaired) electrons. The van der Waals surface area contributed by atoms with Crippen LogP contribution < -0.4 is 0 Å². The summed E-state index contributed by atoms with van der Waals surface area (Å²) in [7, 11) is 0. The minimum absolute atomic E-state index is 0.215. The van der Waals surface area contributed by atoms with E-state index in [1.807, 2.05) is 94.4 Å². The molecule has 0 bridgehead atoms. The zero-order valence-corrected chi connectivity index (χ0v) is 26.9. The van der Waals surface area contributed by atoms with Gasteiger partial charge >= 0.3 is 0 Å². The summed E-state index contributed by atoms with van der Waals surface area (Å²) in [6.45, 7) is 5.28. The van der Waals surface area contributed by atoms with Crippen LogP contribution in [0.2, 0.25) is 0 Å². The number of nitrogens with zero attached hydrogens (tertiary/aromatic N) is 2. The van der Waals surface area contributed by atoms with Gasteiger partial charge in [0.05, 0.1) is 22.3 Å². The topological polar surface area (TPSA) is 31.0 Å². The molecule has 0 aliphatic carbocycles. The number of fused-ring (bicyclic) bond motifs is 4. The molecule has 0 saturated heterocycles. The molecule has 0 N–H and O–H groups in total. The highest BCUT2D eigenvalue weighted by molar-refractivity contribution is 6.09.